The summed E-state index contributed by atoms with van der Waals surface area (Å²) in [5.41, 5.74) is 26.4. The van der Waals surface area contributed by atoms with Crippen LogP contribution in [0.2, 0.25) is 0 Å². The number of benzene rings is 10. The van der Waals surface area contributed by atoms with Crippen LogP contribution in [0.3, 0.4) is 0 Å². The van der Waals surface area contributed by atoms with Crippen molar-refractivity contribution in [1.29, 1.82) is 10.5 Å². The van der Waals surface area contributed by atoms with Crippen LogP contribution in [-0.2, 0) is 0 Å². The fourth-order valence-corrected chi connectivity index (χ4v) is 21.8. The molecule has 0 atom stereocenters. The minimum absolute atomic E-state index is 0.397. The Morgan fingerprint density at radius 1 is 0.207 bits per heavy atom. The first-order chi connectivity index (χ1) is 66.8. The summed E-state index contributed by atoms with van der Waals surface area (Å²) in [6, 6.07) is 108. The van der Waals surface area contributed by atoms with Gasteiger partial charge in [-0.25, -0.2) is 19.9 Å². The van der Waals surface area contributed by atoms with Gasteiger partial charge in [0.25, 0.3) is 0 Å². The molecule has 0 aliphatic rings. The summed E-state index contributed by atoms with van der Waals surface area (Å²) in [4.78, 5) is 50.1. The Kier molecular flexibility index (Phi) is 16.7. The largest absolute Gasteiger partial charge is 0.307 e. The lowest BCUT2D eigenvalue weighted by atomic mass is 9.92. The van der Waals surface area contributed by atoms with Gasteiger partial charge in [-0.1, -0.05) is 158 Å². The smallest absolute Gasteiger partial charge is 0.145 e. The van der Waals surface area contributed by atoms with Gasteiger partial charge in [0.05, 0.1) is 123 Å². The van der Waals surface area contributed by atoms with E-state index in [0.29, 0.717) is 50.9 Å². The van der Waals surface area contributed by atoms with Gasteiger partial charge in [0.2, 0.25) is 0 Å². The molecular weight excluding hydrogens is 1660 g/mol. The van der Waals surface area contributed by atoms with Gasteiger partial charge in [-0.2, -0.15) is 10.5 Å². The van der Waals surface area contributed by atoms with Gasteiger partial charge in [0.15, 0.2) is 0 Å². The van der Waals surface area contributed by atoms with Crippen molar-refractivity contribution in [2.45, 2.75) is 20.8 Å². The maximum Gasteiger partial charge on any atom is 0.145 e. The molecule has 10 aromatic carbocycles. The number of fused-ring (bicyclic) bond motifs is 24. The lowest BCUT2D eigenvalue weighted by molar-refractivity contribution is 1.00. The van der Waals surface area contributed by atoms with Gasteiger partial charge >= 0.3 is 0 Å². The van der Waals surface area contributed by atoms with E-state index in [9.17, 15) is 10.5 Å². The molecule has 135 heavy (non-hydrogen) atoms. The summed E-state index contributed by atoms with van der Waals surface area (Å²) in [6.45, 7) is 6.11. The van der Waals surface area contributed by atoms with Crippen LogP contribution in [0.1, 0.15) is 28.2 Å². The van der Waals surface area contributed by atoms with Gasteiger partial charge in [-0.05, 0) is 160 Å². The van der Waals surface area contributed by atoms with Crippen molar-refractivity contribution in [3.05, 3.63) is 400 Å². The molecule has 0 radical (unpaired) electrons. The van der Waals surface area contributed by atoms with Crippen molar-refractivity contribution < 1.29 is 0 Å². The van der Waals surface area contributed by atoms with Gasteiger partial charge in [-0.15, -0.1) is 0 Å². The highest BCUT2D eigenvalue weighted by atomic mass is 15.2. The summed E-state index contributed by atoms with van der Waals surface area (Å²) >= 11 is 0. The second-order valence-electron chi connectivity index (χ2n) is 34.2. The number of hydrogen-bond donors (Lipinski definition) is 0. The van der Waals surface area contributed by atoms with Crippen LogP contribution in [0.4, 0.5) is 0 Å². The molecule has 630 valence electrons. The lowest BCUT2D eigenvalue weighted by Gasteiger charge is -2.29. The molecule has 0 bridgehead atoms. The topological polar surface area (TPSA) is 216 Å². The van der Waals surface area contributed by atoms with Gasteiger partial charge in [-0.3, -0.25) is 48.2 Å². The highest BCUT2D eigenvalue weighted by Gasteiger charge is 2.40. The molecule has 28 rings (SSSR count). The quantitative estimate of drug-likeness (QED) is 0.125. The third-order valence-electron chi connectivity index (χ3n) is 27.1. The molecule has 0 saturated carbocycles. The molecule has 0 aliphatic carbocycles. The Hall–Kier alpha value is -18.9. The maximum atomic E-state index is 12.5. The maximum absolute atomic E-state index is 12.5. The Balaban J connectivity index is 0.000000137. The number of para-hydroxylation sites is 8. The first kappa shape index (κ1) is 76.2. The van der Waals surface area contributed by atoms with Gasteiger partial charge < -0.3 is 18.3 Å². The molecule has 28 aromatic rings. The number of nitrogens with zero attached hydrogens (tertiary/aromatic N) is 20. The van der Waals surface area contributed by atoms with Crippen LogP contribution < -0.4 is 0 Å². The predicted molar refractivity (Wildman–Crippen MR) is 540 cm³/mol. The van der Waals surface area contributed by atoms with E-state index in [1.165, 1.54) is 0 Å². The standard InChI is InChI=1S/C58H36N10.C57H34N10/c1-34-19-20-36(35(2)64-34)54-55(65-46-15-7-3-11-37(46)42-30-60-25-21-50(42)65)41(29-59)56(66-47-16-8-4-12-38(47)43-31-61-26-22-51(43)66)58(68-49-18-10-6-14-40(49)45-33-63-28-24-53(45)68)57(54)67-48-17-9-5-13-39(48)44-32-62-27-23-52(44)67;1-34-15-10-24-44(63-34)49-50(64-45-25-6-2-16-35(45)39-20-11-29-59-54(39)64)43(33-58)51(65-46-26-7-3-17-36(46)40-21-12-30-60-55(40)65)53(67-48-28-9-5-19-38(48)42-23-14-32-62-57(42)67)52(49)66-47-27-8-4-18-37(47)41-22-13-31-61-56(41)66/h3-28,30-33H,1-2H3;2-32H,1H3. The molecule has 0 N–H and O–H groups in total. The summed E-state index contributed by atoms with van der Waals surface area (Å²) in [5.74, 6) is 0. The van der Waals surface area contributed by atoms with Crippen LogP contribution in [0, 0.1) is 43.4 Å². The fourth-order valence-electron chi connectivity index (χ4n) is 21.8. The number of aromatic nitrogens is 18. The first-order valence-electron chi connectivity index (χ1n) is 44.7. The van der Waals surface area contributed by atoms with Crippen LogP contribution >= 0.6 is 0 Å². The average Bonchev–Trinajstić information content (AvgIpc) is 1.52. The Morgan fingerprint density at radius 3 is 0.837 bits per heavy atom. The predicted octanol–water partition coefficient (Wildman–Crippen LogP) is 26.1. The molecule has 18 aromatic heterocycles. The van der Waals surface area contributed by atoms with Crippen molar-refractivity contribution in [3.8, 4) is 80.0 Å². The molecule has 0 fully saturated rings. The van der Waals surface area contributed by atoms with E-state index in [4.69, 9.17) is 39.9 Å². The second-order valence-corrected chi connectivity index (χ2v) is 34.2. The van der Waals surface area contributed by atoms with Crippen molar-refractivity contribution in [2.24, 2.45) is 0 Å². The lowest BCUT2D eigenvalue weighted by Crippen LogP contribution is -2.17. The van der Waals surface area contributed by atoms with Crippen molar-refractivity contribution in [1.82, 2.24) is 86.4 Å². The van der Waals surface area contributed by atoms with E-state index in [1.54, 1.807) is 0 Å². The third kappa shape index (κ3) is 10.9. The fraction of sp³-hybridized carbons (Fsp3) is 0.0261. The molecule has 18 heterocycles. The van der Waals surface area contributed by atoms with Crippen molar-refractivity contribution >= 4 is 175 Å². The van der Waals surface area contributed by atoms with E-state index in [2.05, 4.69) is 314 Å². The monoisotopic (exact) mass is 1730 g/mol. The Morgan fingerprint density at radius 2 is 0.474 bits per heavy atom. The number of nitriles is 2. The van der Waals surface area contributed by atoms with E-state index in [0.717, 1.165) is 220 Å². The second kappa shape index (κ2) is 29.6. The molecule has 0 aliphatic heterocycles. The highest BCUT2D eigenvalue weighted by molar-refractivity contribution is 6.20. The van der Waals surface area contributed by atoms with E-state index in [-0.39, 0.29) is 0 Å². The van der Waals surface area contributed by atoms with Crippen LogP contribution in [-0.4, -0.2) is 86.4 Å². The highest BCUT2D eigenvalue weighted by Crippen LogP contribution is 2.55. The minimum Gasteiger partial charge on any atom is -0.307 e. The molecule has 0 saturated heterocycles. The zero-order chi connectivity index (χ0) is 89.5. The molecule has 0 unspecified atom stereocenters. The van der Waals surface area contributed by atoms with Crippen LogP contribution in [0.5, 0.6) is 0 Å². The van der Waals surface area contributed by atoms with E-state index in [1.807, 2.05) is 137 Å². The molecule has 20 nitrogen and oxygen atoms in total. The van der Waals surface area contributed by atoms with Crippen LogP contribution in [0.25, 0.3) is 243 Å². The summed E-state index contributed by atoms with van der Waals surface area (Å²) in [5, 5.41) is 41.0. The number of rotatable bonds is 10. The molecular formula is C115H70N20. The third-order valence-corrected chi connectivity index (χ3v) is 27.1. The summed E-state index contributed by atoms with van der Waals surface area (Å²) in [7, 11) is 0. The van der Waals surface area contributed by atoms with Gasteiger partial charge in [0, 0.05) is 189 Å². The number of hydrogen-bond acceptors (Lipinski definition) is 12. The van der Waals surface area contributed by atoms with Crippen molar-refractivity contribution in [2.75, 3.05) is 0 Å². The normalized spacial score (nSPS) is 11.9. The number of pyridine rings is 10. The average molecular weight is 1730 g/mol. The molecule has 0 spiro atoms. The van der Waals surface area contributed by atoms with Crippen molar-refractivity contribution in [3.63, 3.8) is 0 Å². The molecule has 0 amide bonds. The minimum atomic E-state index is 0.397. The SMILES string of the molecule is Cc1ccc(-c2c(-n3c4ccccc4c4cnccc43)c(C#N)c(-n3c4ccccc4c4cnccc43)c(-n3c4ccccc4c4cnccc43)c2-n2c3ccccc3c3cnccc32)c(C)n1.Cc1cccc(-c2c(-n3c4ccccc4c4cccnc43)c(C#N)c(-n3c4ccccc4c4cccnc43)c(-n3c4ccccc4c4cccnc43)c2-n2c3ccccc3c3cccnc32)n1. The Bertz CT molecular complexity index is 9660. The summed E-state index contributed by atoms with van der Waals surface area (Å²) < 4.78 is 18.2. The number of aryl methyl sites for hydroxylation is 3. The zero-order valence-corrected chi connectivity index (χ0v) is 72.7. The molecule has 20 heteroatoms. The Labute approximate surface area is 767 Å². The zero-order valence-electron chi connectivity index (χ0n) is 72.7. The van der Waals surface area contributed by atoms with E-state index >= 15 is 0 Å². The van der Waals surface area contributed by atoms with Gasteiger partial charge in [0.1, 0.15) is 45.9 Å². The first-order valence-corrected chi connectivity index (χ1v) is 44.7. The van der Waals surface area contributed by atoms with Crippen LogP contribution in [0.15, 0.2) is 372 Å². The summed E-state index contributed by atoms with van der Waals surface area (Å²) in [6.07, 6.45) is 22.5. The van der Waals surface area contributed by atoms with E-state index < -0.39 is 0 Å².